The van der Waals surface area contributed by atoms with Crippen molar-refractivity contribution in [3.8, 4) is 0 Å². The van der Waals surface area contributed by atoms with Gasteiger partial charge in [0, 0.05) is 50.6 Å². The third kappa shape index (κ3) is 10.2. The number of rotatable bonds is 10. The van der Waals surface area contributed by atoms with Gasteiger partial charge in [-0.1, -0.05) is 65.8 Å². The van der Waals surface area contributed by atoms with Crippen molar-refractivity contribution >= 4 is 35.4 Å². The third-order valence-electron chi connectivity index (χ3n) is 12.5. The molecule has 57 heavy (non-hydrogen) atoms. The molecule has 2 saturated heterocycles. The number of nitrogens with zero attached hydrogens (tertiary/aromatic N) is 4. The first-order chi connectivity index (χ1) is 26.8. The van der Waals surface area contributed by atoms with Crippen molar-refractivity contribution in [1.82, 2.24) is 40.9 Å². The van der Waals surface area contributed by atoms with E-state index >= 15 is 0 Å². The van der Waals surface area contributed by atoms with Crippen LogP contribution >= 0.6 is 0 Å². The minimum atomic E-state index is -0.851. The molecule has 1 saturated carbocycles. The fourth-order valence-corrected chi connectivity index (χ4v) is 9.35. The minimum Gasteiger partial charge on any atom is -0.347 e. The predicted octanol–water partition coefficient (Wildman–Crippen LogP) is 2.08. The van der Waals surface area contributed by atoms with Gasteiger partial charge in [0.2, 0.25) is 35.4 Å². The number of carbonyl (C=O) groups excluding carboxylic acids is 6. The number of piperazine rings is 2. The quantitative estimate of drug-likeness (QED) is 0.280. The number of nitrogens with one attached hydrogen (secondary N) is 4. The van der Waals surface area contributed by atoms with E-state index in [4.69, 9.17) is 0 Å². The lowest BCUT2D eigenvalue weighted by Gasteiger charge is -2.44. The molecule has 14 nitrogen and oxygen atoms in total. The van der Waals surface area contributed by atoms with Crippen molar-refractivity contribution in [2.45, 2.75) is 117 Å². The van der Waals surface area contributed by atoms with E-state index in [0.717, 1.165) is 24.8 Å². The monoisotopic (exact) mass is 793 g/mol. The van der Waals surface area contributed by atoms with E-state index in [-0.39, 0.29) is 79.0 Å². The number of hydrogen-bond acceptors (Lipinski definition) is 8. The van der Waals surface area contributed by atoms with Gasteiger partial charge in [0.05, 0.1) is 25.2 Å². The zero-order chi connectivity index (χ0) is 41.8. The summed E-state index contributed by atoms with van der Waals surface area (Å²) in [5.41, 5.74) is 1.42. The summed E-state index contributed by atoms with van der Waals surface area (Å²) in [6.07, 6.45) is 4.31. The van der Waals surface area contributed by atoms with E-state index in [2.05, 4.69) is 33.4 Å². The van der Waals surface area contributed by atoms with Crippen molar-refractivity contribution < 1.29 is 28.8 Å². The van der Waals surface area contributed by atoms with Crippen LogP contribution < -0.4 is 21.3 Å². The van der Waals surface area contributed by atoms with E-state index in [9.17, 15) is 28.8 Å². The van der Waals surface area contributed by atoms with Crippen molar-refractivity contribution in [3.63, 3.8) is 0 Å². The number of benzene rings is 1. The molecule has 1 aromatic rings. The summed E-state index contributed by atoms with van der Waals surface area (Å²) in [4.78, 5) is 89.6. The number of hydrogen-bond donors (Lipinski definition) is 4. The van der Waals surface area contributed by atoms with Crippen molar-refractivity contribution in [2.75, 3.05) is 59.9 Å². The van der Waals surface area contributed by atoms with Gasteiger partial charge in [0.15, 0.2) is 0 Å². The number of fused-ring (bicyclic) bond motifs is 1. The van der Waals surface area contributed by atoms with Crippen LogP contribution in [0.15, 0.2) is 24.3 Å². The standard InChI is InChI=1S/C43H68N8O6/c1-27-25-48(19-21-50(27)41(57)36(43(5,6)7)47-34(52)24-44-8)38(54)29-17-18-30(23-29)39(55)49-20-22-51(40(56)35(45-9)42(2,3)4)33(26-49)37(53)46-32-16-12-14-28-13-10-11-15-31(28)32/h10-11,13,15,27,29-30,32-33,35-36,44-45H,12,14,16-26H2,1-9H3,(H,46,53)(H,47,52). The number of aryl methyl sites for hydroxylation is 1. The van der Waals surface area contributed by atoms with E-state index in [1.165, 1.54) is 5.56 Å². The molecule has 14 heteroatoms. The van der Waals surface area contributed by atoms with Crippen LogP contribution in [-0.2, 0) is 35.2 Å². The lowest BCUT2D eigenvalue weighted by atomic mass is 9.85. The first-order valence-electron chi connectivity index (χ1n) is 21.0. The summed E-state index contributed by atoms with van der Waals surface area (Å²) in [5.74, 6) is -1.56. The van der Waals surface area contributed by atoms with E-state index in [0.29, 0.717) is 45.4 Å². The molecule has 0 radical (unpaired) electrons. The highest BCUT2D eigenvalue weighted by Crippen LogP contribution is 2.36. The lowest BCUT2D eigenvalue weighted by Crippen LogP contribution is -2.65. The third-order valence-corrected chi connectivity index (χ3v) is 12.5. The Morgan fingerprint density at radius 2 is 1.33 bits per heavy atom. The predicted molar refractivity (Wildman–Crippen MR) is 219 cm³/mol. The summed E-state index contributed by atoms with van der Waals surface area (Å²) in [6, 6.07) is 5.68. The maximum absolute atomic E-state index is 14.2. The van der Waals surface area contributed by atoms with Gasteiger partial charge in [-0.3, -0.25) is 28.8 Å². The van der Waals surface area contributed by atoms with E-state index in [1.54, 1.807) is 28.8 Å². The molecule has 7 atom stereocenters. The maximum atomic E-state index is 14.2. The second kappa shape index (κ2) is 18.3. The molecule has 2 aliphatic heterocycles. The molecular weight excluding hydrogens is 725 g/mol. The van der Waals surface area contributed by atoms with E-state index in [1.807, 2.05) is 65.5 Å². The van der Waals surface area contributed by atoms with Gasteiger partial charge in [-0.25, -0.2) is 0 Å². The molecule has 316 valence electrons. The summed E-state index contributed by atoms with van der Waals surface area (Å²) in [5, 5.41) is 12.2. The molecule has 0 spiro atoms. The summed E-state index contributed by atoms with van der Waals surface area (Å²) in [7, 11) is 3.44. The Hall–Kier alpha value is -4.04. The highest BCUT2D eigenvalue weighted by Gasteiger charge is 2.46. The zero-order valence-corrected chi connectivity index (χ0v) is 35.8. The summed E-state index contributed by atoms with van der Waals surface area (Å²) in [6.45, 7) is 15.6. The van der Waals surface area contributed by atoms with Crippen LogP contribution in [0.1, 0.15) is 97.7 Å². The average molecular weight is 793 g/mol. The molecule has 4 aliphatic rings. The molecule has 4 N–H and O–H groups in total. The second-order valence-electron chi connectivity index (χ2n) is 18.8. The first-order valence-corrected chi connectivity index (χ1v) is 21.0. The molecule has 7 unspecified atom stereocenters. The average Bonchev–Trinajstić information content (AvgIpc) is 3.66. The Morgan fingerprint density at radius 3 is 1.91 bits per heavy atom. The van der Waals surface area contributed by atoms with Gasteiger partial charge in [-0.2, -0.15) is 0 Å². The van der Waals surface area contributed by atoms with Gasteiger partial charge < -0.3 is 40.9 Å². The Labute approximate surface area is 339 Å². The van der Waals surface area contributed by atoms with Gasteiger partial charge in [-0.15, -0.1) is 0 Å². The maximum Gasteiger partial charge on any atom is 0.246 e. The van der Waals surface area contributed by atoms with Crippen LogP contribution in [0.4, 0.5) is 0 Å². The number of amides is 6. The Kier molecular flexibility index (Phi) is 14.1. The molecule has 6 amide bonds. The SMILES string of the molecule is CNCC(=O)NC(C(=O)N1CCN(C(=O)C2CCC(C(=O)N3CCN(C(=O)C(NC)C(C)(C)C)C(C(=O)NC4CCCc5ccccc54)C3)C2)CC1C)C(C)(C)C. The molecule has 0 bridgehead atoms. The minimum absolute atomic E-state index is 0.000311. The molecule has 2 aliphatic carbocycles. The van der Waals surface area contributed by atoms with Crippen molar-refractivity contribution in [3.05, 3.63) is 35.4 Å². The van der Waals surface area contributed by atoms with Gasteiger partial charge in [0.1, 0.15) is 12.1 Å². The van der Waals surface area contributed by atoms with Gasteiger partial charge in [0.25, 0.3) is 0 Å². The van der Waals surface area contributed by atoms with Crippen LogP contribution in [0.25, 0.3) is 0 Å². The summed E-state index contributed by atoms with van der Waals surface area (Å²) < 4.78 is 0. The van der Waals surface area contributed by atoms with Crippen LogP contribution in [0.5, 0.6) is 0 Å². The fourth-order valence-electron chi connectivity index (χ4n) is 9.35. The van der Waals surface area contributed by atoms with Crippen LogP contribution in [-0.4, -0.2) is 139 Å². The second-order valence-corrected chi connectivity index (χ2v) is 18.8. The fraction of sp³-hybridized carbons (Fsp3) is 0.721. The van der Waals surface area contributed by atoms with E-state index < -0.39 is 29.0 Å². The number of carbonyl (C=O) groups is 6. The van der Waals surface area contributed by atoms with Gasteiger partial charge in [-0.05, 0) is 81.5 Å². The van der Waals surface area contributed by atoms with Crippen LogP contribution in [0.2, 0.25) is 0 Å². The molecule has 1 aromatic carbocycles. The highest BCUT2D eigenvalue weighted by molar-refractivity contribution is 5.92. The van der Waals surface area contributed by atoms with Crippen molar-refractivity contribution in [1.29, 1.82) is 0 Å². The first kappa shape index (κ1) is 44.1. The van der Waals surface area contributed by atoms with Gasteiger partial charge >= 0.3 is 0 Å². The lowest BCUT2D eigenvalue weighted by molar-refractivity contribution is -0.152. The molecule has 2 heterocycles. The smallest absolute Gasteiger partial charge is 0.246 e. The summed E-state index contributed by atoms with van der Waals surface area (Å²) >= 11 is 0. The van der Waals surface area contributed by atoms with Crippen molar-refractivity contribution in [2.24, 2.45) is 22.7 Å². The molecular formula is C43H68N8O6. The number of likely N-dealkylation sites (N-methyl/N-ethyl adjacent to an activating group) is 2. The largest absolute Gasteiger partial charge is 0.347 e. The van der Waals surface area contributed by atoms with Crippen LogP contribution in [0.3, 0.4) is 0 Å². The highest BCUT2D eigenvalue weighted by atomic mass is 16.2. The molecule has 3 fully saturated rings. The Bertz CT molecular complexity index is 1650. The molecule has 0 aromatic heterocycles. The zero-order valence-electron chi connectivity index (χ0n) is 35.8. The topological polar surface area (TPSA) is 163 Å². The molecule has 5 rings (SSSR count). The van der Waals surface area contributed by atoms with Crippen LogP contribution in [0, 0.1) is 22.7 Å². The Balaban J connectivity index is 1.23. The Morgan fingerprint density at radius 1 is 0.754 bits per heavy atom. The normalized spacial score (nSPS) is 25.3.